The Labute approximate surface area is 119 Å². The largest absolute Gasteiger partial charge is 0.352 e. The van der Waals surface area contributed by atoms with Gasteiger partial charge >= 0.3 is 0 Å². The Morgan fingerprint density at radius 3 is 3.28 bits per heavy atom. The lowest BCUT2D eigenvalue weighted by molar-refractivity contribution is 0.601. The molecule has 1 fully saturated rings. The third-order valence-electron chi connectivity index (χ3n) is 3.54. The van der Waals surface area contributed by atoms with Crippen molar-refractivity contribution < 1.29 is 0 Å². The van der Waals surface area contributed by atoms with Gasteiger partial charge in [-0.15, -0.1) is 11.3 Å². The fourth-order valence-corrected chi connectivity index (χ4v) is 3.88. The minimum atomic E-state index is 0.655. The smallest absolute Gasteiger partial charge is 0.150 e. The quantitative estimate of drug-likeness (QED) is 0.800. The van der Waals surface area contributed by atoms with E-state index < -0.39 is 0 Å². The third-order valence-corrected chi connectivity index (χ3v) is 5.00. The van der Waals surface area contributed by atoms with Gasteiger partial charge in [0, 0.05) is 17.9 Å². The molecule has 0 spiro atoms. The molecular formula is C13H16BrN3S. The predicted molar refractivity (Wildman–Crippen MR) is 80.8 cm³/mol. The molecule has 1 atom stereocenters. The summed E-state index contributed by atoms with van der Waals surface area (Å²) in [6.45, 7) is 1.14. The van der Waals surface area contributed by atoms with Crippen molar-refractivity contribution >= 4 is 43.3 Å². The third kappa shape index (κ3) is 2.26. The van der Waals surface area contributed by atoms with E-state index in [2.05, 4.69) is 42.2 Å². The van der Waals surface area contributed by atoms with E-state index >= 15 is 0 Å². The Hall–Kier alpha value is -0.680. The second-order valence-electron chi connectivity index (χ2n) is 4.65. The molecule has 0 amide bonds. The van der Waals surface area contributed by atoms with E-state index in [1.807, 2.05) is 0 Å². The van der Waals surface area contributed by atoms with Crippen LogP contribution in [-0.4, -0.2) is 27.9 Å². The monoisotopic (exact) mass is 325 g/mol. The zero-order chi connectivity index (χ0) is 12.4. The van der Waals surface area contributed by atoms with Gasteiger partial charge in [-0.25, -0.2) is 9.97 Å². The van der Waals surface area contributed by atoms with Crippen molar-refractivity contribution in [1.82, 2.24) is 9.97 Å². The first kappa shape index (κ1) is 12.4. The standard InChI is InChI=1S/C13H16BrN3S/c14-6-1-3-10-4-2-7-17(10)13-12-11(5-8-18-12)15-9-16-13/h5,8-10H,1-4,6-7H2. The van der Waals surface area contributed by atoms with Crippen molar-refractivity contribution in [3.8, 4) is 0 Å². The van der Waals surface area contributed by atoms with Gasteiger partial charge in [0.2, 0.25) is 0 Å². The number of anilines is 1. The van der Waals surface area contributed by atoms with E-state index in [-0.39, 0.29) is 0 Å². The van der Waals surface area contributed by atoms with E-state index in [0.717, 1.165) is 23.2 Å². The number of hydrogen-bond acceptors (Lipinski definition) is 4. The lowest BCUT2D eigenvalue weighted by Gasteiger charge is -2.25. The van der Waals surface area contributed by atoms with Crippen LogP contribution in [-0.2, 0) is 0 Å². The van der Waals surface area contributed by atoms with Crippen LogP contribution in [0, 0.1) is 0 Å². The summed E-state index contributed by atoms with van der Waals surface area (Å²) in [4.78, 5) is 11.3. The van der Waals surface area contributed by atoms with E-state index in [4.69, 9.17) is 0 Å². The fourth-order valence-electron chi connectivity index (χ4n) is 2.71. The first-order valence-corrected chi connectivity index (χ1v) is 8.41. The van der Waals surface area contributed by atoms with Gasteiger partial charge in [-0.2, -0.15) is 0 Å². The summed E-state index contributed by atoms with van der Waals surface area (Å²) >= 11 is 5.28. The highest BCUT2D eigenvalue weighted by molar-refractivity contribution is 9.09. The molecule has 0 bridgehead atoms. The molecule has 0 radical (unpaired) electrons. The molecule has 0 aromatic carbocycles. The molecule has 18 heavy (non-hydrogen) atoms. The Balaban J connectivity index is 1.90. The van der Waals surface area contributed by atoms with Gasteiger partial charge in [-0.05, 0) is 37.1 Å². The molecule has 1 aliphatic heterocycles. The predicted octanol–water partition coefficient (Wildman–Crippen LogP) is 3.84. The summed E-state index contributed by atoms with van der Waals surface area (Å²) in [6, 6.07) is 2.73. The molecule has 1 unspecified atom stereocenters. The molecule has 0 saturated carbocycles. The van der Waals surface area contributed by atoms with Crippen molar-refractivity contribution in [1.29, 1.82) is 0 Å². The van der Waals surface area contributed by atoms with Crippen LogP contribution >= 0.6 is 27.3 Å². The van der Waals surface area contributed by atoms with Gasteiger partial charge in [0.05, 0.1) is 10.2 Å². The van der Waals surface area contributed by atoms with Crippen molar-refractivity contribution in [2.45, 2.75) is 31.7 Å². The van der Waals surface area contributed by atoms with Crippen LogP contribution in [0.1, 0.15) is 25.7 Å². The molecule has 3 rings (SSSR count). The summed E-state index contributed by atoms with van der Waals surface area (Å²) in [7, 11) is 0. The molecule has 3 heterocycles. The Morgan fingerprint density at radius 1 is 1.44 bits per heavy atom. The first-order valence-electron chi connectivity index (χ1n) is 6.41. The molecule has 2 aromatic rings. The van der Waals surface area contributed by atoms with Crippen LogP contribution < -0.4 is 4.90 Å². The summed E-state index contributed by atoms with van der Waals surface area (Å²) in [5, 5.41) is 3.20. The summed E-state index contributed by atoms with van der Waals surface area (Å²) < 4.78 is 1.24. The topological polar surface area (TPSA) is 29.0 Å². The van der Waals surface area contributed by atoms with Gasteiger partial charge in [-0.3, -0.25) is 0 Å². The van der Waals surface area contributed by atoms with Gasteiger partial charge in [-0.1, -0.05) is 15.9 Å². The number of nitrogens with zero attached hydrogens (tertiary/aromatic N) is 3. The van der Waals surface area contributed by atoms with E-state index in [1.54, 1.807) is 17.7 Å². The molecule has 1 aliphatic rings. The molecule has 5 heteroatoms. The lowest BCUT2D eigenvalue weighted by Crippen LogP contribution is -2.30. The number of alkyl halides is 1. The zero-order valence-corrected chi connectivity index (χ0v) is 12.6. The SMILES string of the molecule is BrCCCC1CCCN1c1ncnc2ccsc12. The summed E-state index contributed by atoms with van der Waals surface area (Å²) in [6.07, 6.45) is 6.76. The molecule has 0 aliphatic carbocycles. The number of thiophene rings is 1. The minimum Gasteiger partial charge on any atom is -0.352 e. The van der Waals surface area contributed by atoms with Crippen LogP contribution in [0.4, 0.5) is 5.82 Å². The van der Waals surface area contributed by atoms with Crippen LogP contribution in [0.5, 0.6) is 0 Å². The normalized spacial score (nSPS) is 19.8. The van der Waals surface area contributed by atoms with E-state index in [0.29, 0.717) is 6.04 Å². The number of halogens is 1. The van der Waals surface area contributed by atoms with Gasteiger partial charge in [0.25, 0.3) is 0 Å². The maximum atomic E-state index is 4.53. The summed E-state index contributed by atoms with van der Waals surface area (Å²) in [5.41, 5.74) is 1.08. The van der Waals surface area contributed by atoms with E-state index in [1.165, 1.54) is 30.4 Å². The van der Waals surface area contributed by atoms with Crippen LogP contribution in [0.15, 0.2) is 17.8 Å². The first-order chi connectivity index (χ1) is 8.90. The zero-order valence-electron chi connectivity index (χ0n) is 10.2. The van der Waals surface area contributed by atoms with Crippen LogP contribution in [0.25, 0.3) is 10.2 Å². The van der Waals surface area contributed by atoms with Crippen molar-refractivity contribution in [3.63, 3.8) is 0 Å². The molecule has 2 aromatic heterocycles. The molecule has 3 nitrogen and oxygen atoms in total. The number of aromatic nitrogens is 2. The molecule has 96 valence electrons. The Kier molecular flexibility index (Phi) is 3.80. The average molecular weight is 326 g/mol. The highest BCUT2D eigenvalue weighted by Gasteiger charge is 2.26. The highest BCUT2D eigenvalue weighted by Crippen LogP contribution is 2.33. The van der Waals surface area contributed by atoms with Crippen molar-refractivity contribution in [3.05, 3.63) is 17.8 Å². The van der Waals surface area contributed by atoms with Gasteiger partial charge in [0.15, 0.2) is 0 Å². The van der Waals surface area contributed by atoms with Crippen molar-refractivity contribution in [2.75, 3.05) is 16.8 Å². The fraction of sp³-hybridized carbons (Fsp3) is 0.538. The lowest BCUT2D eigenvalue weighted by atomic mass is 10.1. The minimum absolute atomic E-state index is 0.655. The van der Waals surface area contributed by atoms with Gasteiger partial charge in [0.1, 0.15) is 12.1 Å². The number of fused-ring (bicyclic) bond motifs is 1. The number of rotatable bonds is 4. The Morgan fingerprint density at radius 2 is 2.39 bits per heavy atom. The highest BCUT2D eigenvalue weighted by atomic mass is 79.9. The van der Waals surface area contributed by atoms with Crippen LogP contribution in [0.3, 0.4) is 0 Å². The maximum Gasteiger partial charge on any atom is 0.150 e. The van der Waals surface area contributed by atoms with Crippen molar-refractivity contribution in [2.24, 2.45) is 0 Å². The second kappa shape index (κ2) is 5.53. The summed E-state index contributed by atoms with van der Waals surface area (Å²) in [5.74, 6) is 1.15. The maximum absolute atomic E-state index is 4.53. The molecular weight excluding hydrogens is 310 g/mol. The second-order valence-corrected chi connectivity index (χ2v) is 6.36. The van der Waals surface area contributed by atoms with E-state index in [9.17, 15) is 0 Å². The average Bonchev–Trinajstić information content (AvgIpc) is 3.04. The Bertz CT molecular complexity index is 528. The molecule has 0 N–H and O–H groups in total. The van der Waals surface area contributed by atoms with Crippen LogP contribution in [0.2, 0.25) is 0 Å². The van der Waals surface area contributed by atoms with Gasteiger partial charge < -0.3 is 4.90 Å². The number of hydrogen-bond donors (Lipinski definition) is 0. The molecule has 1 saturated heterocycles.